The molecule has 51 heavy (non-hydrogen) atoms. The third kappa shape index (κ3) is 4.65. The van der Waals surface area contributed by atoms with Crippen molar-refractivity contribution in [2.75, 3.05) is 0 Å². The summed E-state index contributed by atoms with van der Waals surface area (Å²) in [4.78, 5) is 2.57. The molecule has 0 aliphatic carbocycles. The number of aliphatic hydroxyl groups is 2. The van der Waals surface area contributed by atoms with E-state index in [4.69, 9.17) is 4.74 Å². The molecule has 3 aliphatic heterocycles. The Morgan fingerprint density at radius 2 is 0.706 bits per heavy atom. The first kappa shape index (κ1) is 29.3. The van der Waals surface area contributed by atoms with Gasteiger partial charge in [0, 0.05) is 22.3 Å². The molecule has 10 rings (SSSR count). The lowest BCUT2D eigenvalue weighted by molar-refractivity contribution is -0.0607. The SMILES string of the molecule is c1ccc(C2=C(c3ccccc3)c3cccc4c3C([OH+]2)N2C(c3ccccc3)=C(c3ccccc3)c3ccccc3C2=C4c2ccccc2)cc1. The van der Waals surface area contributed by atoms with E-state index in [2.05, 4.69) is 199 Å². The second-order valence-corrected chi connectivity index (χ2v) is 13.2. The highest BCUT2D eigenvalue weighted by atomic mass is 16.5. The topological polar surface area (TPSA) is 16.0 Å². The molecular weight excluding hydrogens is 619 g/mol. The van der Waals surface area contributed by atoms with Gasteiger partial charge in [0.25, 0.3) is 12.0 Å². The van der Waals surface area contributed by atoms with E-state index in [-0.39, 0.29) is 6.23 Å². The Morgan fingerprint density at radius 3 is 1.25 bits per heavy atom. The number of ether oxygens (including phenoxy) is 1. The fourth-order valence-corrected chi connectivity index (χ4v) is 8.26. The summed E-state index contributed by atoms with van der Waals surface area (Å²) in [6, 6.07) is 70.0. The number of rotatable bonds is 5. The molecule has 0 saturated heterocycles. The molecule has 3 heterocycles. The van der Waals surface area contributed by atoms with E-state index in [1.165, 1.54) is 55.8 Å². The van der Waals surface area contributed by atoms with Gasteiger partial charge in [-0.3, -0.25) is 4.90 Å². The van der Waals surface area contributed by atoms with Crippen molar-refractivity contribution in [1.29, 1.82) is 0 Å². The van der Waals surface area contributed by atoms with E-state index in [0.717, 1.165) is 33.7 Å². The van der Waals surface area contributed by atoms with Gasteiger partial charge in [0.1, 0.15) is 0 Å². The highest BCUT2D eigenvalue weighted by Gasteiger charge is 2.49. The smallest absolute Gasteiger partial charge is 0.297 e. The summed E-state index contributed by atoms with van der Waals surface area (Å²) in [6.07, 6.45) is -0.316. The van der Waals surface area contributed by atoms with Gasteiger partial charge in [-0.25, -0.2) is 0 Å². The monoisotopic (exact) mass is 652 g/mol. The van der Waals surface area contributed by atoms with Gasteiger partial charge in [-0.2, -0.15) is 0 Å². The van der Waals surface area contributed by atoms with E-state index >= 15 is 0 Å². The molecule has 0 aromatic heterocycles. The summed E-state index contributed by atoms with van der Waals surface area (Å²) in [5, 5.41) is 0. The van der Waals surface area contributed by atoms with Crippen molar-refractivity contribution < 1.29 is 4.74 Å². The second-order valence-electron chi connectivity index (χ2n) is 13.2. The number of fused-ring (bicyclic) bond motifs is 4. The molecule has 2 heteroatoms. The van der Waals surface area contributed by atoms with E-state index in [1.807, 2.05) is 0 Å². The van der Waals surface area contributed by atoms with Gasteiger partial charge < -0.3 is 4.74 Å². The highest BCUT2D eigenvalue weighted by molar-refractivity contribution is 6.14. The lowest BCUT2D eigenvalue weighted by atomic mass is 9.75. The number of nitrogens with zero attached hydrogens (tertiary/aromatic N) is 1. The summed E-state index contributed by atoms with van der Waals surface area (Å²) >= 11 is 0. The van der Waals surface area contributed by atoms with Crippen molar-refractivity contribution in [3.63, 3.8) is 0 Å². The van der Waals surface area contributed by atoms with Gasteiger partial charge in [-0.1, -0.05) is 182 Å². The van der Waals surface area contributed by atoms with Crippen LogP contribution in [0.1, 0.15) is 61.9 Å². The molecule has 7 aromatic carbocycles. The molecule has 240 valence electrons. The van der Waals surface area contributed by atoms with E-state index in [9.17, 15) is 0 Å². The average Bonchev–Trinajstić information content (AvgIpc) is 3.22. The summed E-state index contributed by atoms with van der Waals surface area (Å²) in [7, 11) is 0. The Kier molecular flexibility index (Phi) is 6.92. The standard InChI is InChI=1S/C49H33NO/c1-6-19-33(20-7-1)42-38-29-16-17-30-39(38)47-43(34-21-8-2-9-22-34)40-31-18-32-41-44(35-23-10-3-11-24-35)48(37-27-14-5-15-28-37)51-49(45(40)41)50(47)46(42)36-25-12-4-13-26-36/h1-32,49H/p+1. The van der Waals surface area contributed by atoms with Crippen LogP contribution in [0.15, 0.2) is 194 Å². The van der Waals surface area contributed by atoms with Crippen molar-refractivity contribution in [1.82, 2.24) is 4.90 Å². The largest absolute Gasteiger partial charge is 0.561 e. The van der Waals surface area contributed by atoms with Crippen LogP contribution in [-0.4, -0.2) is 9.64 Å². The van der Waals surface area contributed by atoms with Crippen LogP contribution in [0.5, 0.6) is 0 Å². The lowest BCUT2D eigenvalue weighted by Crippen LogP contribution is -2.39. The molecule has 0 amide bonds. The minimum atomic E-state index is -0.316. The highest BCUT2D eigenvalue weighted by Crippen LogP contribution is 2.59. The first-order chi connectivity index (χ1) is 25.4. The van der Waals surface area contributed by atoms with E-state index in [1.54, 1.807) is 0 Å². The normalized spacial score (nSPS) is 15.9. The van der Waals surface area contributed by atoms with Crippen LogP contribution in [0.4, 0.5) is 0 Å². The predicted molar refractivity (Wildman–Crippen MR) is 210 cm³/mol. The zero-order chi connectivity index (χ0) is 33.7. The molecule has 3 aliphatic rings. The Bertz CT molecular complexity index is 2510. The van der Waals surface area contributed by atoms with Crippen LogP contribution in [-0.2, 0) is 0 Å². The van der Waals surface area contributed by atoms with Crippen LogP contribution >= 0.6 is 0 Å². The maximum absolute atomic E-state index is 5.91. The minimum Gasteiger partial charge on any atom is -0.561 e. The maximum Gasteiger partial charge on any atom is 0.297 e. The van der Waals surface area contributed by atoms with Gasteiger partial charge >= 0.3 is 0 Å². The summed E-state index contributed by atoms with van der Waals surface area (Å²) in [5.74, 6) is 1.01. The van der Waals surface area contributed by atoms with Crippen molar-refractivity contribution in [2.24, 2.45) is 0 Å². The minimum absolute atomic E-state index is 0.316. The van der Waals surface area contributed by atoms with Crippen LogP contribution < -0.4 is 0 Å². The van der Waals surface area contributed by atoms with Gasteiger partial charge in [0.15, 0.2) is 0 Å². The molecular formula is C49H34NO+. The molecule has 1 N–H and O–H groups in total. The first-order valence-electron chi connectivity index (χ1n) is 17.6. The third-order valence-corrected chi connectivity index (χ3v) is 10.3. The Balaban J connectivity index is 1.38. The molecule has 0 bridgehead atoms. The molecule has 0 saturated carbocycles. The van der Waals surface area contributed by atoms with Crippen molar-refractivity contribution in [2.45, 2.75) is 6.23 Å². The van der Waals surface area contributed by atoms with Gasteiger partial charge in [-0.15, -0.1) is 0 Å². The van der Waals surface area contributed by atoms with Crippen LogP contribution in [0.25, 0.3) is 33.9 Å². The van der Waals surface area contributed by atoms with Gasteiger partial charge in [0.2, 0.25) is 0 Å². The first-order valence-corrected chi connectivity index (χ1v) is 17.6. The van der Waals surface area contributed by atoms with Crippen LogP contribution in [0.2, 0.25) is 0 Å². The molecule has 0 spiro atoms. The quantitative estimate of drug-likeness (QED) is 0.169. The van der Waals surface area contributed by atoms with Crippen LogP contribution in [0, 0.1) is 0 Å². The Hall–Kier alpha value is -6.64. The van der Waals surface area contributed by atoms with Crippen molar-refractivity contribution in [3.8, 4) is 0 Å². The summed E-state index contributed by atoms with van der Waals surface area (Å²) in [6.45, 7) is 0. The molecule has 7 aromatic rings. The molecule has 1 atom stereocenters. The zero-order valence-corrected chi connectivity index (χ0v) is 27.9. The Morgan fingerprint density at radius 1 is 0.314 bits per heavy atom. The van der Waals surface area contributed by atoms with Gasteiger partial charge in [0.05, 0.1) is 28.1 Å². The molecule has 1 unspecified atom stereocenters. The zero-order valence-electron chi connectivity index (χ0n) is 27.9. The summed E-state index contributed by atoms with van der Waals surface area (Å²) in [5.41, 5.74) is 17.9. The second kappa shape index (κ2) is 12.0. The predicted octanol–water partition coefficient (Wildman–Crippen LogP) is 11.3. The Labute approximate surface area is 298 Å². The third-order valence-electron chi connectivity index (χ3n) is 10.3. The van der Waals surface area contributed by atoms with Crippen molar-refractivity contribution in [3.05, 3.63) is 250 Å². The number of hydrogen-bond acceptors (Lipinski definition) is 1. The fraction of sp³-hybridized carbons (Fsp3) is 0.0204. The summed E-state index contributed by atoms with van der Waals surface area (Å²) < 4.78 is 5.91. The average molecular weight is 653 g/mol. The molecule has 0 fully saturated rings. The van der Waals surface area contributed by atoms with E-state index < -0.39 is 0 Å². The van der Waals surface area contributed by atoms with Crippen LogP contribution in [0.3, 0.4) is 0 Å². The molecule has 0 radical (unpaired) electrons. The lowest BCUT2D eigenvalue weighted by Gasteiger charge is -2.46. The fourth-order valence-electron chi connectivity index (χ4n) is 8.26. The number of hydrogen-bond donors (Lipinski definition) is 0. The number of benzene rings is 7. The van der Waals surface area contributed by atoms with Gasteiger partial charge in [-0.05, 0) is 45.5 Å². The van der Waals surface area contributed by atoms with E-state index in [0.29, 0.717) is 0 Å². The maximum atomic E-state index is 5.91. The van der Waals surface area contributed by atoms with Crippen molar-refractivity contribution >= 4 is 33.9 Å². The molecule has 2 nitrogen and oxygen atoms in total.